The molecule has 5 rings (SSSR count). The van der Waals surface area contributed by atoms with E-state index < -0.39 is 46.8 Å². The number of phenolic OH excluding ortho intramolecular Hbond substituents is 1. The van der Waals surface area contributed by atoms with E-state index in [0.29, 0.717) is 62.5 Å². The van der Waals surface area contributed by atoms with Gasteiger partial charge in [-0.2, -0.15) is 8.78 Å². The second-order valence-corrected chi connectivity index (χ2v) is 11.6. The van der Waals surface area contributed by atoms with Gasteiger partial charge in [0, 0.05) is 16.7 Å². The topological polar surface area (TPSA) is 49.7 Å². The lowest BCUT2D eigenvalue weighted by Gasteiger charge is -2.25. The van der Waals surface area contributed by atoms with Crippen molar-refractivity contribution in [3.63, 3.8) is 0 Å². The normalized spacial score (nSPS) is 19.4. The van der Waals surface area contributed by atoms with E-state index in [0.717, 1.165) is 6.07 Å². The summed E-state index contributed by atoms with van der Waals surface area (Å²) in [5.74, 6) is -7.99. The number of hydrogen-bond acceptors (Lipinski definition) is 3. The first-order valence-corrected chi connectivity index (χ1v) is 14.9. The predicted molar refractivity (Wildman–Crippen MR) is 156 cm³/mol. The highest BCUT2D eigenvalue weighted by atomic mass is 19.2. The number of rotatable bonds is 9. The molecular formula is C35H34F6O3. The van der Waals surface area contributed by atoms with Crippen LogP contribution in [0.4, 0.5) is 26.3 Å². The first kappa shape index (κ1) is 31.7. The number of hydrogen-bond donors (Lipinski definition) is 2. The van der Waals surface area contributed by atoms with Gasteiger partial charge in [0.15, 0.2) is 34.8 Å². The summed E-state index contributed by atoms with van der Waals surface area (Å²) in [5.41, 5.74) is 1.51. The predicted octanol–water partition coefficient (Wildman–Crippen LogP) is 9.67. The molecule has 0 saturated heterocycles. The molecule has 2 N–H and O–H groups in total. The highest BCUT2D eigenvalue weighted by molar-refractivity contribution is 5.68. The van der Waals surface area contributed by atoms with Crippen LogP contribution < -0.4 is 4.74 Å². The standard InChI is InChI=1S/C35H34F6O3/c1-2-3-27(42)26-13-12-23(30(36)33(26)39)20-6-4-19(5-7-20)18-44-29-17-15-25(32(38)35(29)41)22-10-8-21(9-11-22)24-14-16-28(43)34(40)31(24)37/h6,8,12-17,19,22,27,42-43H,2-5,7,9-11,18H2,1H3. The van der Waals surface area contributed by atoms with Crippen molar-refractivity contribution in [1.82, 2.24) is 0 Å². The number of aliphatic hydroxyl groups excluding tert-OH is 1. The molecule has 0 radical (unpaired) electrons. The Morgan fingerprint density at radius 1 is 0.750 bits per heavy atom. The Hall–Kier alpha value is -3.72. The lowest BCUT2D eigenvalue weighted by Crippen LogP contribution is -2.16. The number of halogens is 6. The van der Waals surface area contributed by atoms with Gasteiger partial charge in [-0.15, -0.1) is 0 Å². The highest BCUT2D eigenvalue weighted by Crippen LogP contribution is 2.40. The summed E-state index contributed by atoms with van der Waals surface area (Å²) in [6.45, 7) is 1.96. The minimum Gasteiger partial charge on any atom is -0.505 e. The maximum Gasteiger partial charge on any atom is 0.200 e. The van der Waals surface area contributed by atoms with E-state index >= 15 is 8.78 Å². The minimum absolute atomic E-state index is 0.0357. The van der Waals surface area contributed by atoms with Crippen LogP contribution >= 0.6 is 0 Å². The molecule has 0 spiro atoms. The fourth-order valence-electron chi connectivity index (χ4n) is 6.11. The lowest BCUT2D eigenvalue weighted by atomic mass is 9.82. The van der Waals surface area contributed by atoms with Gasteiger partial charge in [-0.3, -0.25) is 0 Å². The lowest BCUT2D eigenvalue weighted by molar-refractivity contribution is 0.160. The molecule has 0 fully saturated rings. The molecule has 0 bridgehead atoms. The largest absolute Gasteiger partial charge is 0.505 e. The van der Waals surface area contributed by atoms with Gasteiger partial charge in [-0.25, -0.2) is 17.6 Å². The highest BCUT2D eigenvalue weighted by Gasteiger charge is 2.27. The first-order chi connectivity index (χ1) is 21.1. The Bertz CT molecular complexity index is 1600. The molecule has 9 heteroatoms. The molecule has 3 nitrogen and oxygen atoms in total. The number of aliphatic hydroxyl groups is 1. The fraction of sp³-hybridized carbons (Fsp3) is 0.371. The smallest absolute Gasteiger partial charge is 0.200 e. The van der Waals surface area contributed by atoms with Crippen molar-refractivity contribution in [2.24, 2.45) is 5.92 Å². The van der Waals surface area contributed by atoms with Crippen LogP contribution in [0.1, 0.15) is 92.6 Å². The monoisotopic (exact) mass is 616 g/mol. The Balaban J connectivity index is 1.20. The van der Waals surface area contributed by atoms with Crippen molar-refractivity contribution >= 4 is 11.1 Å². The van der Waals surface area contributed by atoms with E-state index in [2.05, 4.69) is 0 Å². The van der Waals surface area contributed by atoms with E-state index in [9.17, 15) is 27.8 Å². The second kappa shape index (κ2) is 13.5. The SMILES string of the molecule is CCCC(O)c1ccc(C2=CCC(COc3ccc(C4CC=C(c5ccc(O)c(F)c5F)CC4)c(F)c3F)CC2)c(F)c1F. The van der Waals surface area contributed by atoms with E-state index in [-0.39, 0.29) is 46.4 Å². The third-order valence-corrected chi connectivity index (χ3v) is 8.71. The van der Waals surface area contributed by atoms with Gasteiger partial charge in [0.25, 0.3) is 0 Å². The molecule has 3 unspecified atom stereocenters. The minimum atomic E-state index is -1.32. The summed E-state index contributed by atoms with van der Waals surface area (Å²) in [6, 6.07) is 8.16. The van der Waals surface area contributed by atoms with Crippen molar-refractivity contribution in [1.29, 1.82) is 0 Å². The summed E-state index contributed by atoms with van der Waals surface area (Å²) in [6.07, 6.45) is 5.93. The van der Waals surface area contributed by atoms with Crippen LogP contribution in [0.5, 0.6) is 11.5 Å². The third kappa shape index (κ3) is 6.39. The molecule has 0 saturated carbocycles. The van der Waals surface area contributed by atoms with Crippen LogP contribution in [-0.4, -0.2) is 16.8 Å². The van der Waals surface area contributed by atoms with Crippen molar-refractivity contribution in [3.05, 3.63) is 106 Å². The molecule has 3 aromatic carbocycles. The number of ether oxygens (including phenoxy) is 1. The van der Waals surface area contributed by atoms with Crippen molar-refractivity contribution in [3.8, 4) is 11.5 Å². The van der Waals surface area contributed by atoms with Gasteiger partial charge < -0.3 is 14.9 Å². The zero-order chi connectivity index (χ0) is 31.5. The maximum absolute atomic E-state index is 15.1. The van der Waals surface area contributed by atoms with Crippen molar-refractivity contribution in [2.45, 2.75) is 70.3 Å². The quantitative estimate of drug-likeness (QED) is 0.236. The Morgan fingerprint density at radius 3 is 2.05 bits per heavy atom. The van der Waals surface area contributed by atoms with Gasteiger partial charge in [-0.05, 0) is 91.7 Å². The average molecular weight is 617 g/mol. The van der Waals surface area contributed by atoms with Crippen LogP contribution in [0.2, 0.25) is 0 Å². The van der Waals surface area contributed by atoms with Crippen LogP contribution in [0.15, 0.2) is 48.6 Å². The van der Waals surface area contributed by atoms with E-state index in [1.165, 1.54) is 30.3 Å². The zero-order valence-electron chi connectivity index (χ0n) is 24.3. The van der Waals surface area contributed by atoms with Crippen LogP contribution in [-0.2, 0) is 0 Å². The molecule has 234 valence electrons. The Morgan fingerprint density at radius 2 is 1.41 bits per heavy atom. The molecule has 2 aliphatic rings. The molecule has 0 amide bonds. The molecule has 3 aromatic rings. The molecule has 3 atom stereocenters. The Labute approximate surface area is 252 Å². The van der Waals surface area contributed by atoms with E-state index in [4.69, 9.17) is 4.74 Å². The second-order valence-electron chi connectivity index (χ2n) is 11.6. The molecule has 2 aliphatic carbocycles. The Kier molecular flexibility index (Phi) is 9.73. The molecule has 0 aromatic heterocycles. The van der Waals surface area contributed by atoms with E-state index in [1.54, 1.807) is 12.2 Å². The van der Waals surface area contributed by atoms with Gasteiger partial charge in [-0.1, -0.05) is 43.7 Å². The maximum atomic E-state index is 15.1. The number of benzene rings is 3. The first-order valence-electron chi connectivity index (χ1n) is 14.9. The number of phenols is 1. The van der Waals surface area contributed by atoms with Gasteiger partial charge in [0.1, 0.15) is 0 Å². The molecule has 0 aliphatic heterocycles. The van der Waals surface area contributed by atoms with Crippen LogP contribution in [0.3, 0.4) is 0 Å². The number of allylic oxidation sites excluding steroid dienone is 4. The van der Waals surface area contributed by atoms with Gasteiger partial charge >= 0.3 is 0 Å². The van der Waals surface area contributed by atoms with Crippen LogP contribution in [0, 0.1) is 40.8 Å². The summed E-state index contributed by atoms with van der Waals surface area (Å²) in [4.78, 5) is 0. The zero-order valence-corrected chi connectivity index (χ0v) is 24.3. The molecular weight excluding hydrogens is 582 g/mol. The van der Waals surface area contributed by atoms with Gasteiger partial charge in [0.2, 0.25) is 11.6 Å². The van der Waals surface area contributed by atoms with Gasteiger partial charge in [0.05, 0.1) is 12.7 Å². The fourth-order valence-corrected chi connectivity index (χ4v) is 6.11. The van der Waals surface area contributed by atoms with Crippen molar-refractivity contribution < 1.29 is 41.3 Å². The van der Waals surface area contributed by atoms with E-state index in [1.807, 2.05) is 6.92 Å². The summed E-state index contributed by atoms with van der Waals surface area (Å²) in [5, 5.41) is 19.4. The average Bonchev–Trinajstić information content (AvgIpc) is 3.02. The van der Waals surface area contributed by atoms with Crippen LogP contribution in [0.25, 0.3) is 11.1 Å². The number of aromatic hydroxyl groups is 1. The third-order valence-electron chi connectivity index (χ3n) is 8.71. The summed E-state index contributed by atoms with van der Waals surface area (Å²) < 4.78 is 93.3. The summed E-state index contributed by atoms with van der Waals surface area (Å²) >= 11 is 0. The molecule has 0 heterocycles. The van der Waals surface area contributed by atoms with Crippen molar-refractivity contribution in [2.75, 3.05) is 6.61 Å². The molecule has 44 heavy (non-hydrogen) atoms. The summed E-state index contributed by atoms with van der Waals surface area (Å²) in [7, 11) is 0.